The van der Waals surface area contributed by atoms with Gasteiger partial charge in [-0.25, -0.2) is 9.50 Å². The Balaban J connectivity index is 2.07. The number of unbranched alkanes of at least 4 members (excludes halogenated alkanes) is 3. The van der Waals surface area contributed by atoms with Crippen LogP contribution in [0.15, 0.2) is 31.1 Å². The molecule has 2 N–H and O–H groups in total. The van der Waals surface area contributed by atoms with Crippen molar-refractivity contribution in [2.75, 3.05) is 32.2 Å². The highest BCUT2D eigenvalue weighted by molar-refractivity contribution is 5.66. The molecule has 1 aliphatic rings. The second-order valence-corrected chi connectivity index (χ2v) is 9.14. The molecule has 1 saturated heterocycles. The summed E-state index contributed by atoms with van der Waals surface area (Å²) < 4.78 is 27.8. The Hall–Kier alpha value is -2.00. The van der Waals surface area contributed by atoms with Gasteiger partial charge in [0.15, 0.2) is 11.4 Å². The van der Waals surface area contributed by atoms with E-state index in [9.17, 15) is 0 Å². The Labute approximate surface area is 203 Å². The van der Waals surface area contributed by atoms with E-state index in [1.54, 1.807) is 4.52 Å². The Morgan fingerprint density at radius 1 is 1.12 bits per heavy atom. The third-order valence-corrected chi connectivity index (χ3v) is 6.72. The zero-order chi connectivity index (χ0) is 24.6. The van der Waals surface area contributed by atoms with Crippen molar-refractivity contribution in [2.24, 2.45) is 0 Å². The van der Waals surface area contributed by atoms with Crippen LogP contribution in [0.2, 0.25) is 0 Å². The number of anilines is 1. The molecule has 8 nitrogen and oxygen atoms in total. The maximum absolute atomic E-state index is 6.85. The van der Waals surface area contributed by atoms with Crippen molar-refractivity contribution in [2.45, 2.75) is 89.6 Å². The van der Waals surface area contributed by atoms with Gasteiger partial charge in [0.2, 0.25) is 0 Å². The summed E-state index contributed by atoms with van der Waals surface area (Å²) in [6, 6.07) is 3.87. The van der Waals surface area contributed by atoms with Crippen LogP contribution in [0.3, 0.4) is 0 Å². The van der Waals surface area contributed by atoms with Crippen molar-refractivity contribution >= 4 is 11.3 Å². The SMILES string of the molecule is C=C[C@@]1(c2ccc3c(N)ncnn23)O[C@H](COCCCC)[C@@H](OCCCC)[C@@]1(C)OCCCC. The lowest BCUT2D eigenvalue weighted by Crippen LogP contribution is -2.55. The molecule has 0 aromatic carbocycles. The number of aromatic nitrogens is 3. The Morgan fingerprint density at radius 3 is 2.53 bits per heavy atom. The average Bonchev–Trinajstić information content (AvgIpc) is 3.37. The van der Waals surface area contributed by atoms with E-state index in [1.807, 2.05) is 18.2 Å². The number of fused-ring (bicyclic) bond motifs is 1. The van der Waals surface area contributed by atoms with Gasteiger partial charge in [-0.15, -0.1) is 0 Å². The van der Waals surface area contributed by atoms with E-state index in [4.69, 9.17) is 24.7 Å². The maximum Gasteiger partial charge on any atom is 0.160 e. The molecule has 0 bridgehead atoms. The van der Waals surface area contributed by atoms with Gasteiger partial charge in [0.1, 0.15) is 29.7 Å². The summed E-state index contributed by atoms with van der Waals surface area (Å²) >= 11 is 0. The van der Waals surface area contributed by atoms with Crippen LogP contribution >= 0.6 is 0 Å². The summed E-state index contributed by atoms with van der Waals surface area (Å²) in [5, 5.41) is 4.48. The van der Waals surface area contributed by atoms with E-state index in [2.05, 4.69) is 44.4 Å². The maximum atomic E-state index is 6.85. The van der Waals surface area contributed by atoms with E-state index in [0.717, 1.165) is 44.2 Å². The Morgan fingerprint density at radius 2 is 1.82 bits per heavy atom. The standard InChI is InChI=1S/C26H42N4O4/c1-6-10-15-31-18-21-23(32-16-11-7-2)25(5,33-17-12-8-3)26(9-4,34-21)22-14-13-20-24(27)28-19-29-30(20)22/h9,13-14,19,21,23H,4,6-8,10-12,15-18H2,1-3,5H3,(H2,27,28,29)/t21-,23-,25-,26+/m1/s1. The molecule has 2 aromatic heterocycles. The molecule has 3 rings (SSSR count). The van der Waals surface area contributed by atoms with Crippen LogP contribution in [-0.2, 0) is 24.5 Å². The summed E-state index contributed by atoms with van der Waals surface area (Å²) in [6.45, 7) is 15.0. The first-order chi connectivity index (χ1) is 16.5. The van der Waals surface area contributed by atoms with Crippen molar-refractivity contribution in [1.82, 2.24) is 14.6 Å². The highest BCUT2D eigenvalue weighted by Gasteiger charge is 2.65. The van der Waals surface area contributed by atoms with Gasteiger partial charge in [-0.3, -0.25) is 0 Å². The van der Waals surface area contributed by atoms with E-state index in [0.29, 0.717) is 37.8 Å². The van der Waals surface area contributed by atoms with Crippen LogP contribution in [0.25, 0.3) is 5.52 Å². The Kier molecular flexibility index (Phi) is 9.47. The first-order valence-corrected chi connectivity index (χ1v) is 12.7. The monoisotopic (exact) mass is 474 g/mol. The molecule has 1 fully saturated rings. The first kappa shape index (κ1) is 26.6. The van der Waals surface area contributed by atoms with Crippen molar-refractivity contribution in [1.29, 1.82) is 0 Å². The largest absolute Gasteiger partial charge is 0.382 e. The summed E-state index contributed by atoms with van der Waals surface area (Å²) in [5.41, 5.74) is 5.75. The summed E-state index contributed by atoms with van der Waals surface area (Å²) in [4.78, 5) is 4.13. The van der Waals surface area contributed by atoms with E-state index in [1.165, 1.54) is 6.33 Å². The van der Waals surface area contributed by atoms with Crippen molar-refractivity contribution < 1.29 is 18.9 Å². The average molecular weight is 475 g/mol. The van der Waals surface area contributed by atoms with E-state index < -0.39 is 11.2 Å². The molecule has 0 unspecified atom stereocenters. The summed E-state index contributed by atoms with van der Waals surface area (Å²) in [7, 11) is 0. The van der Waals surface area contributed by atoms with Crippen LogP contribution in [0.4, 0.5) is 5.82 Å². The smallest absolute Gasteiger partial charge is 0.160 e. The third kappa shape index (κ3) is 5.00. The summed E-state index contributed by atoms with van der Waals surface area (Å²) in [5.74, 6) is 0.405. The number of ether oxygens (including phenoxy) is 4. The molecule has 4 atom stereocenters. The molecule has 0 radical (unpaired) electrons. The number of nitrogens with zero attached hydrogens (tertiary/aromatic N) is 3. The van der Waals surface area contributed by atoms with E-state index >= 15 is 0 Å². The predicted molar refractivity (Wildman–Crippen MR) is 134 cm³/mol. The number of rotatable bonds is 15. The molecular weight excluding hydrogens is 432 g/mol. The zero-order valence-corrected chi connectivity index (χ0v) is 21.3. The van der Waals surface area contributed by atoms with Gasteiger partial charge in [-0.05, 0) is 38.3 Å². The fraction of sp³-hybridized carbons (Fsp3) is 0.692. The quantitative estimate of drug-likeness (QED) is 0.296. The highest BCUT2D eigenvalue weighted by atomic mass is 16.6. The van der Waals surface area contributed by atoms with Crippen LogP contribution < -0.4 is 5.73 Å². The Bertz CT molecular complexity index is 919. The first-order valence-electron chi connectivity index (χ1n) is 12.7. The predicted octanol–water partition coefficient (Wildman–Crippen LogP) is 4.67. The van der Waals surface area contributed by atoms with Crippen LogP contribution in [0, 0.1) is 0 Å². The fourth-order valence-electron chi connectivity index (χ4n) is 4.69. The lowest BCUT2D eigenvalue weighted by Gasteiger charge is -2.42. The third-order valence-electron chi connectivity index (χ3n) is 6.72. The number of hydrogen-bond acceptors (Lipinski definition) is 7. The van der Waals surface area contributed by atoms with Gasteiger partial charge in [-0.1, -0.05) is 52.7 Å². The lowest BCUT2D eigenvalue weighted by atomic mass is 9.78. The molecule has 8 heteroatoms. The molecule has 190 valence electrons. The molecule has 0 aliphatic carbocycles. The van der Waals surface area contributed by atoms with Crippen molar-refractivity contribution in [3.8, 4) is 0 Å². The zero-order valence-electron chi connectivity index (χ0n) is 21.3. The second kappa shape index (κ2) is 12.1. The molecular formula is C26H42N4O4. The highest BCUT2D eigenvalue weighted by Crippen LogP contribution is 2.52. The minimum absolute atomic E-state index is 0.330. The molecule has 34 heavy (non-hydrogen) atoms. The normalized spacial score (nSPS) is 26.9. The van der Waals surface area contributed by atoms with E-state index in [-0.39, 0.29) is 12.2 Å². The van der Waals surface area contributed by atoms with Crippen molar-refractivity contribution in [3.63, 3.8) is 0 Å². The van der Waals surface area contributed by atoms with Crippen LogP contribution in [0.1, 0.15) is 71.9 Å². The number of hydrogen-bond donors (Lipinski definition) is 1. The van der Waals surface area contributed by atoms with Gasteiger partial charge in [0.05, 0.1) is 12.3 Å². The van der Waals surface area contributed by atoms with Gasteiger partial charge in [0, 0.05) is 19.8 Å². The van der Waals surface area contributed by atoms with Crippen LogP contribution in [-0.4, -0.2) is 58.8 Å². The number of nitrogens with two attached hydrogens (primary N) is 1. The van der Waals surface area contributed by atoms with Gasteiger partial charge >= 0.3 is 0 Å². The van der Waals surface area contributed by atoms with Crippen LogP contribution in [0.5, 0.6) is 0 Å². The fourth-order valence-corrected chi connectivity index (χ4v) is 4.69. The minimum atomic E-state index is -1.02. The lowest BCUT2D eigenvalue weighted by molar-refractivity contribution is -0.162. The molecule has 0 spiro atoms. The topological polar surface area (TPSA) is 93.1 Å². The molecule has 2 aromatic rings. The molecule has 3 heterocycles. The van der Waals surface area contributed by atoms with Crippen molar-refractivity contribution in [3.05, 3.63) is 36.8 Å². The second-order valence-electron chi connectivity index (χ2n) is 9.14. The molecule has 0 saturated carbocycles. The molecule has 1 aliphatic heterocycles. The number of nitrogen functional groups attached to an aromatic ring is 1. The molecule has 0 amide bonds. The van der Waals surface area contributed by atoms with Gasteiger partial charge in [-0.2, -0.15) is 5.10 Å². The van der Waals surface area contributed by atoms with Gasteiger partial charge in [0.25, 0.3) is 0 Å². The van der Waals surface area contributed by atoms with Gasteiger partial charge < -0.3 is 24.7 Å². The minimum Gasteiger partial charge on any atom is -0.382 e. The summed E-state index contributed by atoms with van der Waals surface area (Å²) in [6.07, 6.45) is 8.65.